The van der Waals surface area contributed by atoms with Crippen LogP contribution in [0.25, 0.3) is 0 Å². The second-order valence-electron chi connectivity index (χ2n) is 3.42. The third-order valence-corrected chi connectivity index (χ3v) is 2.37. The van der Waals surface area contributed by atoms with Crippen LogP contribution in [0.1, 0.15) is 30.5 Å². The number of aliphatic carboxylic acids is 1. The van der Waals surface area contributed by atoms with Gasteiger partial charge in [0.15, 0.2) is 0 Å². The monoisotopic (exact) mass is 224 g/mol. The summed E-state index contributed by atoms with van der Waals surface area (Å²) in [5.41, 5.74) is 0.256. The zero-order valence-electron chi connectivity index (χ0n) is 9.01. The van der Waals surface area contributed by atoms with Gasteiger partial charge in [-0.1, -0.05) is 6.92 Å². The lowest BCUT2D eigenvalue weighted by atomic mass is 9.99. The Bertz CT molecular complexity index is 431. The van der Waals surface area contributed by atoms with Crippen LogP contribution in [0.2, 0.25) is 0 Å². The van der Waals surface area contributed by atoms with Crippen LogP contribution in [0.3, 0.4) is 0 Å². The zero-order chi connectivity index (χ0) is 12.3. The van der Waals surface area contributed by atoms with Crippen LogP contribution in [0.15, 0.2) is 12.3 Å². The lowest BCUT2D eigenvalue weighted by molar-refractivity contribution is -0.386. The third-order valence-electron chi connectivity index (χ3n) is 2.37. The van der Waals surface area contributed by atoms with E-state index in [-0.39, 0.29) is 17.8 Å². The highest BCUT2D eigenvalue weighted by atomic mass is 16.6. The second kappa shape index (κ2) is 4.69. The van der Waals surface area contributed by atoms with Crippen LogP contribution in [-0.2, 0) is 4.79 Å². The molecular weight excluding hydrogens is 212 g/mol. The number of carbonyl (C=O) groups is 1. The number of hydrogen-bond acceptors (Lipinski definition) is 4. The van der Waals surface area contributed by atoms with Gasteiger partial charge in [0.1, 0.15) is 11.6 Å². The first-order valence-corrected chi connectivity index (χ1v) is 4.81. The van der Waals surface area contributed by atoms with Gasteiger partial charge >= 0.3 is 5.97 Å². The van der Waals surface area contributed by atoms with E-state index < -0.39 is 16.8 Å². The lowest BCUT2D eigenvalue weighted by Crippen LogP contribution is -2.14. The van der Waals surface area contributed by atoms with Crippen LogP contribution in [0.4, 0.5) is 5.69 Å². The summed E-state index contributed by atoms with van der Waals surface area (Å²) in [4.78, 5) is 25.1. The van der Waals surface area contributed by atoms with Crippen molar-refractivity contribution in [3.63, 3.8) is 0 Å². The van der Waals surface area contributed by atoms with Crippen molar-refractivity contribution in [2.45, 2.75) is 26.2 Å². The van der Waals surface area contributed by atoms with Crippen LogP contribution < -0.4 is 0 Å². The number of nitrogens with zero attached hydrogens (tertiary/aromatic N) is 2. The molecule has 0 radical (unpaired) electrons. The molecule has 0 spiro atoms. The summed E-state index contributed by atoms with van der Waals surface area (Å²) in [6, 6.07) is 1.50. The molecule has 1 aromatic heterocycles. The van der Waals surface area contributed by atoms with E-state index in [1.807, 2.05) is 0 Å². The number of rotatable bonds is 4. The smallest absolute Gasteiger partial charge is 0.312 e. The highest BCUT2D eigenvalue weighted by Gasteiger charge is 2.29. The van der Waals surface area contributed by atoms with Gasteiger partial charge in [-0.3, -0.25) is 19.9 Å². The number of aromatic nitrogens is 1. The molecule has 0 aliphatic heterocycles. The van der Waals surface area contributed by atoms with E-state index >= 15 is 0 Å². The van der Waals surface area contributed by atoms with Crippen molar-refractivity contribution >= 4 is 11.7 Å². The fourth-order valence-corrected chi connectivity index (χ4v) is 1.55. The van der Waals surface area contributed by atoms with E-state index in [0.29, 0.717) is 5.56 Å². The van der Waals surface area contributed by atoms with Gasteiger partial charge in [-0.2, -0.15) is 0 Å². The number of aryl methyl sites for hydroxylation is 1. The normalized spacial score (nSPS) is 12.1. The summed E-state index contributed by atoms with van der Waals surface area (Å²) in [5, 5.41) is 19.8. The molecule has 6 heteroatoms. The first kappa shape index (κ1) is 12.1. The molecule has 1 unspecified atom stereocenters. The maximum absolute atomic E-state index is 11.0. The molecule has 1 N–H and O–H groups in total. The van der Waals surface area contributed by atoms with Gasteiger partial charge in [0, 0.05) is 11.8 Å². The van der Waals surface area contributed by atoms with Crippen molar-refractivity contribution in [1.82, 2.24) is 4.98 Å². The summed E-state index contributed by atoms with van der Waals surface area (Å²) < 4.78 is 0. The zero-order valence-corrected chi connectivity index (χ0v) is 9.01. The first-order valence-electron chi connectivity index (χ1n) is 4.81. The molecule has 0 bridgehead atoms. The van der Waals surface area contributed by atoms with Crippen LogP contribution in [0.5, 0.6) is 0 Å². The standard InChI is InChI=1S/C10H12N2O4/c1-3-7(10(13)14)8-9(12(15)16)6(2)4-5-11-8/h4-5,7H,3H2,1-2H3,(H,13,14). The summed E-state index contributed by atoms with van der Waals surface area (Å²) in [6.07, 6.45) is 1.66. The molecule has 0 aromatic carbocycles. The Morgan fingerprint density at radius 1 is 1.69 bits per heavy atom. The molecule has 1 aromatic rings. The van der Waals surface area contributed by atoms with Crippen molar-refractivity contribution in [2.24, 2.45) is 0 Å². The maximum atomic E-state index is 11.0. The van der Waals surface area contributed by atoms with Crippen molar-refractivity contribution in [3.05, 3.63) is 33.6 Å². The fourth-order valence-electron chi connectivity index (χ4n) is 1.55. The van der Waals surface area contributed by atoms with E-state index in [1.165, 1.54) is 12.3 Å². The Labute approximate surface area is 92.1 Å². The Morgan fingerprint density at radius 3 is 2.75 bits per heavy atom. The van der Waals surface area contributed by atoms with E-state index in [1.54, 1.807) is 13.8 Å². The van der Waals surface area contributed by atoms with Gasteiger partial charge in [0.25, 0.3) is 5.69 Å². The van der Waals surface area contributed by atoms with Gasteiger partial charge in [-0.15, -0.1) is 0 Å². The predicted molar refractivity (Wildman–Crippen MR) is 56.3 cm³/mol. The molecule has 16 heavy (non-hydrogen) atoms. The highest BCUT2D eigenvalue weighted by Crippen LogP contribution is 2.29. The SMILES string of the molecule is CCC(C(=O)O)c1nccc(C)c1[N+](=O)[O-]. The Balaban J connectivity index is 3.37. The van der Waals surface area contributed by atoms with Crippen molar-refractivity contribution in [2.75, 3.05) is 0 Å². The summed E-state index contributed by atoms with van der Waals surface area (Å²) >= 11 is 0. The Morgan fingerprint density at radius 2 is 2.31 bits per heavy atom. The molecule has 0 saturated heterocycles. The van der Waals surface area contributed by atoms with Crippen molar-refractivity contribution < 1.29 is 14.8 Å². The van der Waals surface area contributed by atoms with E-state index in [2.05, 4.69) is 4.98 Å². The molecule has 1 heterocycles. The first-order chi connectivity index (χ1) is 7.49. The molecular formula is C10H12N2O4. The summed E-state index contributed by atoms with van der Waals surface area (Å²) in [5.74, 6) is -2.02. The van der Waals surface area contributed by atoms with Gasteiger partial charge in [0.2, 0.25) is 0 Å². The van der Waals surface area contributed by atoms with Crippen LogP contribution >= 0.6 is 0 Å². The number of pyridine rings is 1. The average molecular weight is 224 g/mol. The number of nitro groups is 1. The van der Waals surface area contributed by atoms with E-state index in [9.17, 15) is 14.9 Å². The molecule has 0 saturated carbocycles. The van der Waals surface area contributed by atoms with E-state index in [0.717, 1.165) is 0 Å². The molecule has 86 valence electrons. The number of hydrogen-bond donors (Lipinski definition) is 1. The molecule has 0 aliphatic rings. The quantitative estimate of drug-likeness (QED) is 0.622. The van der Waals surface area contributed by atoms with Crippen molar-refractivity contribution in [3.8, 4) is 0 Å². The summed E-state index contributed by atoms with van der Waals surface area (Å²) in [7, 11) is 0. The number of carboxylic acids is 1. The number of carboxylic acid groups (broad SMARTS) is 1. The predicted octanol–water partition coefficient (Wildman–Crippen LogP) is 1.88. The second-order valence-corrected chi connectivity index (χ2v) is 3.42. The summed E-state index contributed by atoms with van der Waals surface area (Å²) in [6.45, 7) is 3.23. The van der Waals surface area contributed by atoms with Crippen molar-refractivity contribution in [1.29, 1.82) is 0 Å². The minimum absolute atomic E-state index is 0.0278. The van der Waals surface area contributed by atoms with Gasteiger partial charge in [-0.25, -0.2) is 0 Å². The minimum atomic E-state index is -1.09. The highest BCUT2D eigenvalue weighted by molar-refractivity contribution is 5.77. The Kier molecular flexibility index (Phi) is 3.55. The Hall–Kier alpha value is -1.98. The minimum Gasteiger partial charge on any atom is -0.481 e. The third kappa shape index (κ3) is 2.16. The average Bonchev–Trinajstić information content (AvgIpc) is 2.17. The molecule has 6 nitrogen and oxygen atoms in total. The molecule has 0 amide bonds. The van der Waals surface area contributed by atoms with Gasteiger partial charge < -0.3 is 5.11 Å². The topological polar surface area (TPSA) is 93.3 Å². The molecule has 0 aliphatic carbocycles. The largest absolute Gasteiger partial charge is 0.481 e. The van der Waals surface area contributed by atoms with Gasteiger partial charge in [-0.05, 0) is 19.4 Å². The van der Waals surface area contributed by atoms with Crippen LogP contribution in [-0.4, -0.2) is 21.0 Å². The van der Waals surface area contributed by atoms with Gasteiger partial charge in [0.05, 0.1) is 4.92 Å². The maximum Gasteiger partial charge on any atom is 0.312 e. The molecule has 1 rings (SSSR count). The molecule has 1 atom stereocenters. The fraction of sp³-hybridized carbons (Fsp3) is 0.400. The van der Waals surface area contributed by atoms with Crippen LogP contribution in [0, 0.1) is 17.0 Å². The lowest BCUT2D eigenvalue weighted by Gasteiger charge is -2.10. The molecule has 0 fully saturated rings. The van der Waals surface area contributed by atoms with E-state index in [4.69, 9.17) is 5.11 Å².